The van der Waals surface area contributed by atoms with E-state index in [1.807, 2.05) is 24.3 Å². The van der Waals surface area contributed by atoms with Gasteiger partial charge in [-0.2, -0.15) is 4.31 Å². The van der Waals surface area contributed by atoms with E-state index in [-0.39, 0.29) is 4.90 Å². The van der Waals surface area contributed by atoms with E-state index in [1.165, 1.54) is 28.6 Å². The first-order valence-corrected chi connectivity index (χ1v) is 12.8. The van der Waals surface area contributed by atoms with Crippen LogP contribution in [0, 0.1) is 0 Å². The molecule has 1 heterocycles. The molecule has 1 aliphatic carbocycles. The molecule has 1 amide bonds. The van der Waals surface area contributed by atoms with Gasteiger partial charge in [-0.05, 0) is 55.2 Å². The molecule has 8 nitrogen and oxygen atoms in total. The number of anilines is 1. The number of sulfonamides is 1. The molecule has 0 radical (unpaired) electrons. The van der Waals surface area contributed by atoms with Crippen LogP contribution in [-0.2, 0) is 32.4 Å². The number of nitrogens with one attached hydrogen (secondary N) is 1. The number of carbonyl (C=O) groups is 2. The summed E-state index contributed by atoms with van der Waals surface area (Å²) >= 11 is 0. The number of esters is 1. The molecule has 4 rings (SSSR count). The van der Waals surface area contributed by atoms with Gasteiger partial charge in [0.05, 0.1) is 16.0 Å². The van der Waals surface area contributed by atoms with Crippen molar-refractivity contribution in [3.8, 4) is 0 Å². The van der Waals surface area contributed by atoms with Gasteiger partial charge in [0.2, 0.25) is 10.0 Å². The van der Waals surface area contributed by atoms with Gasteiger partial charge in [0.1, 0.15) is 0 Å². The zero-order chi connectivity index (χ0) is 24.3. The van der Waals surface area contributed by atoms with E-state index in [9.17, 15) is 18.0 Å². The largest absolute Gasteiger partial charge is 0.452 e. The third-order valence-corrected chi connectivity index (χ3v) is 8.00. The summed E-state index contributed by atoms with van der Waals surface area (Å²) in [6, 6.07) is 13.3. The smallest absolute Gasteiger partial charge is 0.339 e. The molecule has 0 fully saturated rings. The van der Waals surface area contributed by atoms with Crippen LogP contribution < -0.4 is 5.32 Å². The zero-order valence-corrected chi connectivity index (χ0v) is 20.0. The number of amides is 1. The number of hydrogen-bond acceptors (Lipinski definition) is 6. The molecule has 178 valence electrons. The number of rotatable bonds is 8. The number of ether oxygens (including phenoxy) is 1. The Labute approximate surface area is 199 Å². The van der Waals surface area contributed by atoms with E-state index >= 15 is 0 Å². The quantitative estimate of drug-likeness (QED) is 0.493. The van der Waals surface area contributed by atoms with Gasteiger partial charge in [0.15, 0.2) is 6.61 Å². The molecular weight excluding hydrogens is 454 g/mol. The fourth-order valence-corrected chi connectivity index (χ4v) is 5.73. The normalized spacial score (nSPS) is 13.1. The lowest BCUT2D eigenvalue weighted by Crippen LogP contribution is -2.30. The first kappa shape index (κ1) is 23.8. The topological polar surface area (TPSA) is 106 Å². The van der Waals surface area contributed by atoms with Crippen LogP contribution in [0.25, 0.3) is 10.9 Å². The van der Waals surface area contributed by atoms with Crippen molar-refractivity contribution in [1.29, 1.82) is 0 Å². The predicted molar refractivity (Wildman–Crippen MR) is 129 cm³/mol. The Balaban J connectivity index is 1.43. The monoisotopic (exact) mass is 481 g/mol. The van der Waals surface area contributed by atoms with E-state index < -0.39 is 28.5 Å². The average Bonchev–Trinajstić information content (AvgIpc) is 3.30. The highest BCUT2D eigenvalue weighted by atomic mass is 32.2. The molecule has 0 spiro atoms. The Hall–Kier alpha value is -3.30. The van der Waals surface area contributed by atoms with Gasteiger partial charge in [-0.1, -0.05) is 32.0 Å². The highest BCUT2D eigenvalue weighted by Gasteiger charge is 2.25. The minimum absolute atomic E-state index is 0.152. The van der Waals surface area contributed by atoms with Crippen molar-refractivity contribution in [2.45, 2.75) is 38.0 Å². The Kier molecular flexibility index (Phi) is 6.95. The van der Waals surface area contributed by atoms with E-state index in [0.717, 1.165) is 41.4 Å². The van der Waals surface area contributed by atoms with Crippen LogP contribution in [0.4, 0.5) is 5.69 Å². The standard InChI is InChI=1S/C25H27N3O5S/c1-3-28(4-2)34(31,32)18-14-12-17(13-15-18)26-23(29)16-33-25(30)24-19-8-5-6-10-21(19)27-22-11-7-9-20(22)24/h5-6,8,10,12-15H,3-4,7,9,11,16H2,1-2H3,(H,26,29). The second kappa shape index (κ2) is 9.90. The Bertz CT molecular complexity index is 1330. The number of hydrogen-bond donors (Lipinski definition) is 1. The molecule has 0 bridgehead atoms. The second-order valence-corrected chi connectivity index (χ2v) is 9.96. The molecule has 1 aromatic heterocycles. The van der Waals surface area contributed by atoms with Crippen molar-refractivity contribution in [1.82, 2.24) is 9.29 Å². The van der Waals surface area contributed by atoms with E-state index in [1.54, 1.807) is 13.8 Å². The maximum absolute atomic E-state index is 12.9. The number of para-hydroxylation sites is 1. The molecule has 0 saturated heterocycles. The first-order chi connectivity index (χ1) is 16.3. The van der Waals surface area contributed by atoms with Crippen molar-refractivity contribution in [3.05, 3.63) is 65.4 Å². The number of carbonyl (C=O) groups excluding carboxylic acids is 2. The summed E-state index contributed by atoms with van der Waals surface area (Å²) in [7, 11) is -3.58. The molecule has 1 aliphatic rings. The number of pyridine rings is 1. The number of aryl methyl sites for hydroxylation is 1. The number of benzene rings is 2. The molecule has 2 aromatic carbocycles. The van der Waals surface area contributed by atoms with Gasteiger partial charge >= 0.3 is 5.97 Å². The van der Waals surface area contributed by atoms with Crippen molar-refractivity contribution >= 4 is 38.5 Å². The van der Waals surface area contributed by atoms with Crippen LogP contribution in [0.5, 0.6) is 0 Å². The minimum Gasteiger partial charge on any atom is -0.452 e. The van der Waals surface area contributed by atoms with Crippen LogP contribution in [0.3, 0.4) is 0 Å². The van der Waals surface area contributed by atoms with Crippen LogP contribution in [0.2, 0.25) is 0 Å². The minimum atomic E-state index is -3.58. The molecule has 0 saturated carbocycles. The van der Waals surface area contributed by atoms with E-state index in [0.29, 0.717) is 24.3 Å². The Morgan fingerprint density at radius 2 is 1.74 bits per heavy atom. The SMILES string of the molecule is CCN(CC)S(=O)(=O)c1ccc(NC(=O)COC(=O)c2c3c(nc4ccccc24)CCC3)cc1. The summed E-state index contributed by atoms with van der Waals surface area (Å²) in [4.78, 5) is 30.2. The maximum Gasteiger partial charge on any atom is 0.339 e. The summed E-state index contributed by atoms with van der Waals surface area (Å²) < 4.78 is 31.9. The van der Waals surface area contributed by atoms with Crippen molar-refractivity contribution < 1.29 is 22.7 Å². The van der Waals surface area contributed by atoms with Gasteiger partial charge in [-0.3, -0.25) is 9.78 Å². The van der Waals surface area contributed by atoms with E-state index in [4.69, 9.17) is 4.74 Å². The summed E-state index contributed by atoms with van der Waals surface area (Å²) in [6.07, 6.45) is 2.51. The molecule has 0 atom stereocenters. The third-order valence-electron chi connectivity index (χ3n) is 5.94. The predicted octanol–water partition coefficient (Wildman–Crippen LogP) is 3.55. The Morgan fingerprint density at radius 3 is 2.44 bits per heavy atom. The number of fused-ring (bicyclic) bond motifs is 2. The first-order valence-electron chi connectivity index (χ1n) is 11.3. The highest BCUT2D eigenvalue weighted by Crippen LogP contribution is 2.30. The lowest BCUT2D eigenvalue weighted by atomic mass is 10.0. The van der Waals surface area contributed by atoms with Gasteiger partial charge in [0.25, 0.3) is 5.91 Å². The van der Waals surface area contributed by atoms with Gasteiger partial charge in [-0.25, -0.2) is 13.2 Å². The van der Waals surface area contributed by atoms with Crippen molar-refractivity contribution in [2.75, 3.05) is 25.0 Å². The van der Waals surface area contributed by atoms with Gasteiger partial charge in [-0.15, -0.1) is 0 Å². The van der Waals surface area contributed by atoms with Gasteiger partial charge in [0, 0.05) is 29.9 Å². The summed E-state index contributed by atoms with van der Waals surface area (Å²) in [5.41, 5.74) is 3.44. The molecule has 0 aliphatic heterocycles. The Morgan fingerprint density at radius 1 is 1.03 bits per heavy atom. The number of nitrogens with zero attached hydrogens (tertiary/aromatic N) is 2. The molecule has 1 N–H and O–H groups in total. The molecular formula is C25H27N3O5S. The van der Waals surface area contributed by atoms with E-state index in [2.05, 4.69) is 10.3 Å². The third kappa shape index (κ3) is 4.67. The second-order valence-electron chi connectivity index (χ2n) is 8.02. The fraction of sp³-hybridized carbons (Fsp3) is 0.320. The lowest BCUT2D eigenvalue weighted by molar-refractivity contribution is -0.119. The van der Waals surface area contributed by atoms with Crippen LogP contribution in [-0.4, -0.2) is 49.3 Å². The molecule has 9 heteroatoms. The average molecular weight is 482 g/mol. The summed E-state index contributed by atoms with van der Waals surface area (Å²) in [5.74, 6) is -1.06. The number of aromatic nitrogens is 1. The van der Waals surface area contributed by atoms with Gasteiger partial charge < -0.3 is 10.1 Å². The molecule has 34 heavy (non-hydrogen) atoms. The van der Waals surface area contributed by atoms with Crippen molar-refractivity contribution in [2.24, 2.45) is 0 Å². The lowest BCUT2D eigenvalue weighted by Gasteiger charge is -2.18. The highest BCUT2D eigenvalue weighted by molar-refractivity contribution is 7.89. The van der Waals surface area contributed by atoms with Crippen LogP contribution in [0.15, 0.2) is 53.4 Å². The summed E-state index contributed by atoms with van der Waals surface area (Å²) in [5, 5.41) is 3.36. The zero-order valence-electron chi connectivity index (χ0n) is 19.2. The maximum atomic E-state index is 12.9. The van der Waals surface area contributed by atoms with Crippen molar-refractivity contribution in [3.63, 3.8) is 0 Å². The molecule has 3 aromatic rings. The van der Waals surface area contributed by atoms with Crippen LogP contribution in [0.1, 0.15) is 41.9 Å². The van der Waals surface area contributed by atoms with Crippen LogP contribution >= 0.6 is 0 Å². The fourth-order valence-electron chi connectivity index (χ4n) is 4.27. The summed E-state index contributed by atoms with van der Waals surface area (Å²) in [6.45, 7) is 3.85. The molecule has 0 unspecified atom stereocenters.